The highest BCUT2D eigenvalue weighted by molar-refractivity contribution is 5.15. The smallest absolute Gasteiger partial charge is 0.389 e. The van der Waals surface area contributed by atoms with E-state index in [1.54, 1.807) is 6.26 Å². The highest BCUT2D eigenvalue weighted by Gasteiger charge is 2.32. The van der Waals surface area contributed by atoms with E-state index in [-0.39, 0.29) is 6.42 Å². The molecule has 0 aliphatic heterocycles. The summed E-state index contributed by atoms with van der Waals surface area (Å²) in [4.78, 5) is 2.00. The van der Waals surface area contributed by atoms with Crippen molar-refractivity contribution in [3.8, 4) is 0 Å². The van der Waals surface area contributed by atoms with E-state index in [9.17, 15) is 13.2 Å². The molecular weight excluding hydrogens is 269 g/mol. The Morgan fingerprint density at radius 3 is 2.40 bits per heavy atom. The highest BCUT2D eigenvalue weighted by Crippen LogP contribution is 2.28. The number of nitrogens with zero attached hydrogens (tertiary/aromatic N) is 1. The van der Waals surface area contributed by atoms with Crippen LogP contribution in [-0.4, -0.2) is 30.2 Å². The van der Waals surface area contributed by atoms with Gasteiger partial charge in [0.25, 0.3) is 0 Å². The first-order chi connectivity index (χ1) is 9.18. The quantitative estimate of drug-likeness (QED) is 0.836. The summed E-state index contributed by atoms with van der Waals surface area (Å²) >= 11 is 0. The molecule has 0 radical (unpaired) electrons. The molecule has 0 aliphatic rings. The molecule has 0 fully saturated rings. The van der Waals surface area contributed by atoms with Crippen LogP contribution in [0.1, 0.15) is 37.5 Å². The van der Waals surface area contributed by atoms with Crippen molar-refractivity contribution in [2.75, 3.05) is 13.6 Å². The number of rotatable bonds is 7. The van der Waals surface area contributed by atoms with E-state index in [1.807, 2.05) is 31.9 Å². The number of halogens is 3. The lowest BCUT2D eigenvalue weighted by atomic mass is 9.92. The zero-order chi connectivity index (χ0) is 15.4. The van der Waals surface area contributed by atoms with Gasteiger partial charge in [-0.05, 0) is 39.8 Å². The third kappa shape index (κ3) is 4.83. The summed E-state index contributed by atoms with van der Waals surface area (Å²) in [5.74, 6) is 0.825. The lowest BCUT2D eigenvalue weighted by Gasteiger charge is -2.38. The van der Waals surface area contributed by atoms with E-state index in [1.165, 1.54) is 0 Å². The van der Waals surface area contributed by atoms with Crippen molar-refractivity contribution in [3.63, 3.8) is 0 Å². The largest absolute Gasteiger partial charge is 0.469 e. The van der Waals surface area contributed by atoms with E-state index in [0.717, 1.165) is 11.3 Å². The van der Waals surface area contributed by atoms with Gasteiger partial charge in [-0.3, -0.25) is 4.90 Å². The molecule has 1 aromatic rings. The molecule has 1 heterocycles. The van der Waals surface area contributed by atoms with Gasteiger partial charge in [0.2, 0.25) is 0 Å². The minimum Gasteiger partial charge on any atom is -0.469 e. The van der Waals surface area contributed by atoms with Gasteiger partial charge in [0.1, 0.15) is 5.76 Å². The van der Waals surface area contributed by atoms with Crippen LogP contribution in [0.2, 0.25) is 0 Å². The molecule has 20 heavy (non-hydrogen) atoms. The van der Waals surface area contributed by atoms with Crippen LogP contribution in [0.5, 0.6) is 0 Å². The molecule has 0 aromatic carbocycles. The van der Waals surface area contributed by atoms with Gasteiger partial charge < -0.3 is 10.2 Å². The normalized spacial score (nSPS) is 15.6. The summed E-state index contributed by atoms with van der Waals surface area (Å²) in [5, 5.41) is 0. The van der Waals surface area contributed by atoms with Crippen molar-refractivity contribution in [2.24, 2.45) is 5.73 Å². The van der Waals surface area contributed by atoms with Gasteiger partial charge in [-0.25, -0.2) is 0 Å². The molecule has 0 spiro atoms. The number of hydrogen-bond donors (Lipinski definition) is 1. The van der Waals surface area contributed by atoms with Crippen molar-refractivity contribution in [2.45, 2.75) is 51.4 Å². The van der Waals surface area contributed by atoms with Crippen LogP contribution in [0.25, 0.3) is 0 Å². The standard InChI is InChI=1S/C14H23F3N2O/c1-11-12(5-8-20-11)9-19(3)13(2,10-18)6-4-7-14(15,16)17/h5,8H,4,6-7,9-10,18H2,1-3H3. The van der Waals surface area contributed by atoms with Crippen LogP contribution < -0.4 is 5.73 Å². The second-order valence-electron chi connectivity index (χ2n) is 5.53. The third-order valence-electron chi connectivity index (χ3n) is 3.91. The first-order valence-corrected chi connectivity index (χ1v) is 6.69. The van der Waals surface area contributed by atoms with Crippen LogP contribution >= 0.6 is 0 Å². The van der Waals surface area contributed by atoms with Crippen molar-refractivity contribution in [1.82, 2.24) is 4.90 Å². The molecule has 3 nitrogen and oxygen atoms in total. The fourth-order valence-corrected chi connectivity index (χ4v) is 2.14. The van der Waals surface area contributed by atoms with Crippen LogP contribution in [0, 0.1) is 6.92 Å². The van der Waals surface area contributed by atoms with E-state index in [2.05, 4.69) is 0 Å². The fraction of sp³-hybridized carbons (Fsp3) is 0.714. The predicted octanol–water partition coefficient (Wildman–Crippen LogP) is 3.47. The molecular formula is C14H23F3N2O. The number of hydrogen-bond acceptors (Lipinski definition) is 3. The second kappa shape index (κ2) is 6.63. The van der Waals surface area contributed by atoms with Gasteiger partial charge >= 0.3 is 6.18 Å². The van der Waals surface area contributed by atoms with E-state index >= 15 is 0 Å². The molecule has 0 bridgehead atoms. The maximum absolute atomic E-state index is 12.2. The molecule has 0 amide bonds. The summed E-state index contributed by atoms with van der Waals surface area (Å²) in [7, 11) is 1.88. The number of nitrogens with two attached hydrogens (primary N) is 1. The Morgan fingerprint density at radius 1 is 1.30 bits per heavy atom. The lowest BCUT2D eigenvalue weighted by Crippen LogP contribution is -2.49. The van der Waals surface area contributed by atoms with E-state index in [0.29, 0.717) is 19.5 Å². The fourth-order valence-electron chi connectivity index (χ4n) is 2.14. The van der Waals surface area contributed by atoms with Gasteiger partial charge in [0, 0.05) is 30.6 Å². The first-order valence-electron chi connectivity index (χ1n) is 6.69. The maximum atomic E-state index is 12.2. The number of aryl methyl sites for hydroxylation is 1. The molecule has 1 aromatic heterocycles. The Kier molecular flexibility index (Phi) is 5.65. The van der Waals surface area contributed by atoms with Gasteiger partial charge in [0.05, 0.1) is 6.26 Å². The average Bonchev–Trinajstić information content (AvgIpc) is 2.73. The van der Waals surface area contributed by atoms with Crippen LogP contribution in [0.3, 0.4) is 0 Å². The van der Waals surface area contributed by atoms with Gasteiger partial charge in [-0.1, -0.05) is 0 Å². The molecule has 1 unspecified atom stereocenters. The molecule has 0 aliphatic carbocycles. The van der Waals surface area contributed by atoms with Crippen LogP contribution in [-0.2, 0) is 6.54 Å². The topological polar surface area (TPSA) is 42.4 Å². The first kappa shape index (κ1) is 17.0. The molecule has 0 saturated heterocycles. The van der Waals surface area contributed by atoms with Crippen molar-refractivity contribution in [1.29, 1.82) is 0 Å². The van der Waals surface area contributed by atoms with Crippen molar-refractivity contribution < 1.29 is 17.6 Å². The Balaban J connectivity index is 2.60. The number of alkyl halides is 3. The van der Waals surface area contributed by atoms with Gasteiger partial charge in [-0.2, -0.15) is 13.2 Å². The predicted molar refractivity (Wildman–Crippen MR) is 72.3 cm³/mol. The Bertz CT molecular complexity index is 417. The summed E-state index contributed by atoms with van der Waals surface area (Å²) in [6, 6.07) is 1.87. The number of likely N-dealkylation sites (N-methyl/N-ethyl adjacent to an activating group) is 1. The molecule has 6 heteroatoms. The average molecular weight is 292 g/mol. The van der Waals surface area contributed by atoms with Crippen LogP contribution in [0.15, 0.2) is 16.7 Å². The Labute approximate surface area is 117 Å². The summed E-state index contributed by atoms with van der Waals surface area (Å²) in [6.07, 6.45) is -2.75. The summed E-state index contributed by atoms with van der Waals surface area (Å²) < 4.78 is 41.9. The zero-order valence-electron chi connectivity index (χ0n) is 12.3. The van der Waals surface area contributed by atoms with Crippen molar-refractivity contribution in [3.05, 3.63) is 23.7 Å². The summed E-state index contributed by atoms with van der Waals surface area (Å²) in [6.45, 7) is 4.70. The highest BCUT2D eigenvalue weighted by atomic mass is 19.4. The van der Waals surface area contributed by atoms with E-state index < -0.39 is 18.1 Å². The minimum atomic E-state index is -4.10. The van der Waals surface area contributed by atoms with Crippen molar-refractivity contribution >= 4 is 0 Å². The zero-order valence-corrected chi connectivity index (χ0v) is 12.3. The third-order valence-corrected chi connectivity index (χ3v) is 3.91. The minimum absolute atomic E-state index is 0.0892. The van der Waals surface area contributed by atoms with Crippen LogP contribution in [0.4, 0.5) is 13.2 Å². The maximum Gasteiger partial charge on any atom is 0.389 e. The van der Waals surface area contributed by atoms with Gasteiger partial charge in [0.15, 0.2) is 0 Å². The van der Waals surface area contributed by atoms with Gasteiger partial charge in [-0.15, -0.1) is 0 Å². The molecule has 0 saturated carbocycles. The molecule has 2 N–H and O–H groups in total. The number of furan rings is 1. The SMILES string of the molecule is Cc1occc1CN(C)C(C)(CN)CCCC(F)(F)F. The monoisotopic (exact) mass is 292 g/mol. The molecule has 1 atom stereocenters. The Morgan fingerprint density at radius 2 is 1.95 bits per heavy atom. The van der Waals surface area contributed by atoms with E-state index in [4.69, 9.17) is 10.2 Å². The summed E-state index contributed by atoms with van der Waals surface area (Å²) in [5.41, 5.74) is 6.36. The second-order valence-corrected chi connectivity index (χ2v) is 5.53. The molecule has 116 valence electrons. The Hall–Kier alpha value is -1.01. The lowest BCUT2D eigenvalue weighted by molar-refractivity contribution is -0.136. The molecule has 1 rings (SSSR count).